The van der Waals surface area contributed by atoms with E-state index in [0.29, 0.717) is 18.2 Å². The van der Waals surface area contributed by atoms with Gasteiger partial charge >= 0.3 is 0 Å². The Labute approximate surface area is 111 Å². The van der Waals surface area contributed by atoms with Gasteiger partial charge in [0.25, 0.3) is 0 Å². The van der Waals surface area contributed by atoms with Crippen molar-refractivity contribution in [3.05, 3.63) is 0 Å². The lowest BCUT2D eigenvalue weighted by Gasteiger charge is -2.47. The zero-order valence-electron chi connectivity index (χ0n) is 11.6. The van der Waals surface area contributed by atoms with Gasteiger partial charge in [-0.3, -0.25) is 4.90 Å². The summed E-state index contributed by atoms with van der Waals surface area (Å²) in [6.45, 7) is 3.53. The van der Waals surface area contributed by atoms with Crippen molar-refractivity contribution in [2.45, 2.75) is 56.7 Å². The largest absolute Gasteiger partial charge is 0.383 e. The lowest BCUT2D eigenvalue weighted by molar-refractivity contribution is -0.111. The minimum Gasteiger partial charge on any atom is -0.383 e. The molecule has 1 saturated heterocycles. The lowest BCUT2D eigenvalue weighted by atomic mass is 9.88. The monoisotopic (exact) mass is 256 g/mol. The molecule has 4 heteroatoms. The molecule has 1 aliphatic carbocycles. The lowest BCUT2D eigenvalue weighted by Crippen LogP contribution is -2.57. The van der Waals surface area contributed by atoms with Crippen LogP contribution in [0.25, 0.3) is 0 Å². The molecule has 1 aliphatic heterocycles. The average molecular weight is 256 g/mol. The normalized spacial score (nSPS) is 31.0. The van der Waals surface area contributed by atoms with Crippen LogP contribution >= 0.6 is 0 Å². The number of ether oxygens (including phenoxy) is 2. The fourth-order valence-corrected chi connectivity index (χ4v) is 3.47. The molecule has 2 rings (SSSR count). The molecule has 106 valence electrons. The standard InChI is InChI=1S/C14H28N2O2/c1-17-11-12(5-4-8-15)16-9-10-18-14-7-3-2-6-13(14)16/h12-14H,2-11,15H2,1H3. The van der Waals surface area contributed by atoms with Crippen molar-refractivity contribution in [2.24, 2.45) is 5.73 Å². The van der Waals surface area contributed by atoms with Gasteiger partial charge in [0.15, 0.2) is 0 Å². The summed E-state index contributed by atoms with van der Waals surface area (Å²) in [6.07, 6.45) is 7.89. The highest BCUT2D eigenvalue weighted by Gasteiger charge is 2.37. The molecule has 2 aliphatic rings. The van der Waals surface area contributed by atoms with Crippen LogP contribution in [0, 0.1) is 0 Å². The van der Waals surface area contributed by atoms with Crippen LogP contribution < -0.4 is 5.73 Å². The molecule has 0 radical (unpaired) electrons. The highest BCUT2D eigenvalue weighted by molar-refractivity contribution is 4.90. The second kappa shape index (κ2) is 7.43. The third-order valence-corrected chi connectivity index (χ3v) is 4.34. The van der Waals surface area contributed by atoms with E-state index < -0.39 is 0 Å². The van der Waals surface area contributed by atoms with Crippen molar-refractivity contribution >= 4 is 0 Å². The van der Waals surface area contributed by atoms with E-state index in [1.165, 1.54) is 25.7 Å². The van der Waals surface area contributed by atoms with Gasteiger partial charge in [-0.1, -0.05) is 12.8 Å². The van der Waals surface area contributed by atoms with Crippen LogP contribution in [0.2, 0.25) is 0 Å². The van der Waals surface area contributed by atoms with Gasteiger partial charge in [0.2, 0.25) is 0 Å². The molecule has 18 heavy (non-hydrogen) atoms. The molecule has 2 N–H and O–H groups in total. The Kier molecular flexibility index (Phi) is 5.89. The number of nitrogens with zero attached hydrogens (tertiary/aromatic N) is 1. The van der Waals surface area contributed by atoms with Gasteiger partial charge < -0.3 is 15.2 Å². The molecule has 0 aromatic rings. The molecule has 0 spiro atoms. The zero-order chi connectivity index (χ0) is 12.8. The van der Waals surface area contributed by atoms with Crippen LogP contribution in [0.5, 0.6) is 0 Å². The summed E-state index contributed by atoms with van der Waals surface area (Å²) in [5.74, 6) is 0. The highest BCUT2D eigenvalue weighted by atomic mass is 16.5. The summed E-state index contributed by atoms with van der Waals surface area (Å²) in [7, 11) is 1.80. The van der Waals surface area contributed by atoms with Crippen LogP contribution in [0.3, 0.4) is 0 Å². The van der Waals surface area contributed by atoms with E-state index in [4.69, 9.17) is 15.2 Å². The van der Waals surface area contributed by atoms with Crippen molar-refractivity contribution in [3.63, 3.8) is 0 Å². The number of fused-ring (bicyclic) bond motifs is 1. The molecule has 2 fully saturated rings. The second-order valence-electron chi connectivity index (χ2n) is 5.54. The predicted octanol–water partition coefficient (Wildman–Crippen LogP) is 1.38. The van der Waals surface area contributed by atoms with E-state index in [1.807, 2.05) is 0 Å². The third-order valence-electron chi connectivity index (χ3n) is 4.34. The van der Waals surface area contributed by atoms with Crippen LogP contribution in [-0.4, -0.2) is 56.5 Å². The number of rotatable bonds is 6. The Hall–Kier alpha value is -0.160. The Balaban J connectivity index is 1.97. The summed E-state index contributed by atoms with van der Waals surface area (Å²) < 4.78 is 11.3. The number of nitrogens with two attached hydrogens (primary N) is 1. The van der Waals surface area contributed by atoms with Gasteiger partial charge in [-0.05, 0) is 32.2 Å². The fourth-order valence-electron chi connectivity index (χ4n) is 3.47. The summed E-state index contributed by atoms with van der Waals surface area (Å²) >= 11 is 0. The van der Waals surface area contributed by atoms with Gasteiger partial charge in [-0.2, -0.15) is 0 Å². The van der Waals surface area contributed by atoms with Crippen LogP contribution in [-0.2, 0) is 9.47 Å². The molecular weight excluding hydrogens is 228 g/mol. The maximum Gasteiger partial charge on any atom is 0.0731 e. The second-order valence-corrected chi connectivity index (χ2v) is 5.54. The number of morpholine rings is 1. The molecule has 0 bridgehead atoms. The van der Waals surface area contributed by atoms with Crippen molar-refractivity contribution in [1.29, 1.82) is 0 Å². The fraction of sp³-hybridized carbons (Fsp3) is 1.00. The first-order chi connectivity index (χ1) is 8.86. The van der Waals surface area contributed by atoms with E-state index in [-0.39, 0.29) is 0 Å². The number of hydrogen-bond acceptors (Lipinski definition) is 4. The third kappa shape index (κ3) is 3.44. The maximum atomic E-state index is 5.94. The van der Waals surface area contributed by atoms with Crippen molar-refractivity contribution in [2.75, 3.05) is 33.4 Å². The first-order valence-electron chi connectivity index (χ1n) is 7.43. The van der Waals surface area contributed by atoms with Gasteiger partial charge in [0.1, 0.15) is 0 Å². The first-order valence-corrected chi connectivity index (χ1v) is 7.43. The summed E-state index contributed by atoms with van der Waals surface area (Å²) in [6, 6.07) is 1.14. The molecule has 1 heterocycles. The van der Waals surface area contributed by atoms with Gasteiger partial charge in [-0.15, -0.1) is 0 Å². The van der Waals surface area contributed by atoms with Crippen molar-refractivity contribution in [1.82, 2.24) is 4.90 Å². The van der Waals surface area contributed by atoms with Gasteiger partial charge in [0, 0.05) is 25.7 Å². The number of methoxy groups -OCH3 is 1. The molecule has 1 saturated carbocycles. The summed E-state index contributed by atoms with van der Waals surface area (Å²) in [5, 5.41) is 0. The first kappa shape index (κ1) is 14.3. The minimum absolute atomic E-state index is 0.463. The molecule has 0 amide bonds. The molecule has 0 aromatic heterocycles. The summed E-state index contributed by atoms with van der Waals surface area (Å²) in [4.78, 5) is 2.65. The predicted molar refractivity (Wildman–Crippen MR) is 72.7 cm³/mol. The molecule has 4 nitrogen and oxygen atoms in total. The van der Waals surface area contributed by atoms with Crippen LogP contribution in [0.15, 0.2) is 0 Å². The van der Waals surface area contributed by atoms with Gasteiger partial charge in [0.05, 0.1) is 19.3 Å². The number of hydrogen-bond donors (Lipinski definition) is 1. The van der Waals surface area contributed by atoms with Gasteiger partial charge in [-0.25, -0.2) is 0 Å². The van der Waals surface area contributed by atoms with Crippen molar-refractivity contribution in [3.8, 4) is 0 Å². The Morgan fingerprint density at radius 1 is 1.39 bits per heavy atom. The molecular formula is C14H28N2O2. The van der Waals surface area contributed by atoms with Crippen LogP contribution in [0.4, 0.5) is 0 Å². The Morgan fingerprint density at radius 2 is 2.22 bits per heavy atom. The zero-order valence-corrected chi connectivity index (χ0v) is 11.6. The summed E-state index contributed by atoms with van der Waals surface area (Å²) in [5.41, 5.74) is 5.65. The Bertz CT molecular complexity index is 236. The highest BCUT2D eigenvalue weighted by Crippen LogP contribution is 2.30. The quantitative estimate of drug-likeness (QED) is 0.780. The minimum atomic E-state index is 0.463. The van der Waals surface area contributed by atoms with Crippen LogP contribution in [0.1, 0.15) is 38.5 Å². The topological polar surface area (TPSA) is 47.7 Å². The van der Waals surface area contributed by atoms with E-state index in [0.717, 1.165) is 39.1 Å². The van der Waals surface area contributed by atoms with E-state index in [2.05, 4.69) is 4.90 Å². The van der Waals surface area contributed by atoms with E-state index >= 15 is 0 Å². The molecule has 3 unspecified atom stereocenters. The SMILES string of the molecule is COCC(CCCN)N1CCOC2CCCCC21. The Morgan fingerprint density at radius 3 is 3.00 bits per heavy atom. The van der Waals surface area contributed by atoms with E-state index in [1.54, 1.807) is 7.11 Å². The van der Waals surface area contributed by atoms with E-state index in [9.17, 15) is 0 Å². The average Bonchev–Trinajstić information content (AvgIpc) is 2.43. The molecule has 3 atom stereocenters. The smallest absolute Gasteiger partial charge is 0.0731 e. The maximum absolute atomic E-state index is 5.94. The molecule has 0 aromatic carbocycles. The van der Waals surface area contributed by atoms with Crippen molar-refractivity contribution < 1.29 is 9.47 Å².